The van der Waals surface area contributed by atoms with Gasteiger partial charge in [-0.2, -0.15) is 11.5 Å². The van der Waals surface area contributed by atoms with Crippen molar-refractivity contribution in [1.29, 1.82) is 0 Å². The Morgan fingerprint density at radius 2 is 1.33 bits per heavy atom. The van der Waals surface area contributed by atoms with Gasteiger partial charge in [0.15, 0.2) is 0 Å². The van der Waals surface area contributed by atoms with Crippen molar-refractivity contribution in [3.8, 4) is 0 Å². The van der Waals surface area contributed by atoms with Crippen LogP contribution in [-0.4, -0.2) is 6.26 Å². The summed E-state index contributed by atoms with van der Waals surface area (Å²) in [5.74, 6) is 0.927. The monoisotopic (exact) mass is 299 g/mol. The lowest BCUT2D eigenvalue weighted by atomic mass is 9.79. The molecule has 0 aliphatic carbocycles. The summed E-state index contributed by atoms with van der Waals surface area (Å²) in [5, 5.41) is 3.52. The molecule has 0 amide bonds. The van der Waals surface area contributed by atoms with Crippen molar-refractivity contribution in [3.63, 3.8) is 0 Å². The van der Waals surface area contributed by atoms with Gasteiger partial charge in [-0.1, -0.05) is 76.2 Å². The number of para-hydroxylation sites is 1. The van der Waals surface area contributed by atoms with E-state index in [0.29, 0.717) is 11.8 Å². The molecule has 0 heterocycles. The van der Waals surface area contributed by atoms with E-state index < -0.39 is 0 Å². The molecule has 2 aromatic carbocycles. The summed E-state index contributed by atoms with van der Waals surface area (Å²) in [6, 6.07) is 16.7. The highest BCUT2D eigenvalue weighted by Gasteiger charge is 2.19. The summed E-state index contributed by atoms with van der Waals surface area (Å²) in [6.07, 6.45) is -0.219. The number of benzene rings is 2. The van der Waals surface area contributed by atoms with E-state index in [1.807, 2.05) is 18.2 Å². The molecule has 1 N–H and O–H groups in total. The molecule has 21 heavy (non-hydrogen) atoms. The lowest BCUT2D eigenvalue weighted by molar-refractivity contribution is 0.839. The highest BCUT2D eigenvalue weighted by Crippen LogP contribution is 2.32. The molecule has 2 aromatic rings. The normalized spacial score (nSPS) is 11.0. The maximum absolute atomic E-state index is 6.58. The van der Waals surface area contributed by atoms with Crippen LogP contribution in [0.1, 0.15) is 50.7 Å². The average Bonchev–Trinajstić information content (AvgIpc) is 2.47. The summed E-state index contributed by atoms with van der Waals surface area (Å²) in [6.45, 7) is 8.87. The van der Waals surface area contributed by atoms with Crippen LogP contribution in [0.25, 0.3) is 0 Å². The van der Waals surface area contributed by atoms with Crippen molar-refractivity contribution in [2.45, 2.75) is 39.5 Å². The van der Waals surface area contributed by atoms with Gasteiger partial charge in [0.25, 0.3) is 0 Å². The van der Waals surface area contributed by atoms with Gasteiger partial charge in [-0.3, -0.25) is 0 Å². The first kappa shape index (κ1) is 16.0. The Kier molecular flexibility index (Phi) is 5.36. The molecule has 0 radical (unpaired) electrons. The number of nitrogens with one attached hydrogen (secondary N) is 1. The standard InChI is InChI=1S/C18H23BClN/c1-13(2)16-11-8-12-17(14(3)4)18(16)21-19(20)15-9-6-5-7-10-15/h5-14,21H,1-4H3. The minimum atomic E-state index is -0.219. The van der Waals surface area contributed by atoms with E-state index in [9.17, 15) is 0 Å². The van der Waals surface area contributed by atoms with Crippen molar-refractivity contribution in [2.24, 2.45) is 0 Å². The van der Waals surface area contributed by atoms with Gasteiger partial charge in [0, 0.05) is 5.69 Å². The third-order valence-electron chi connectivity index (χ3n) is 3.74. The molecule has 0 aliphatic heterocycles. The molecule has 0 atom stereocenters. The number of rotatable bonds is 5. The molecule has 2 rings (SSSR count). The second kappa shape index (κ2) is 7.04. The van der Waals surface area contributed by atoms with Gasteiger partial charge in [0.05, 0.1) is 0 Å². The first-order valence-corrected chi connectivity index (χ1v) is 8.02. The molecule has 0 unspecified atom stereocenters. The van der Waals surface area contributed by atoms with Crippen LogP contribution in [0.5, 0.6) is 0 Å². The lowest BCUT2D eigenvalue weighted by Crippen LogP contribution is -2.33. The van der Waals surface area contributed by atoms with Crippen LogP contribution in [0.3, 0.4) is 0 Å². The Hall–Kier alpha value is -1.41. The minimum Gasteiger partial charge on any atom is -0.410 e. The molecule has 0 aromatic heterocycles. The second-order valence-corrected chi connectivity index (χ2v) is 6.47. The van der Waals surface area contributed by atoms with E-state index >= 15 is 0 Å². The van der Waals surface area contributed by atoms with Gasteiger partial charge in [-0.15, -0.1) is 0 Å². The first-order valence-electron chi connectivity index (χ1n) is 7.59. The molecule has 3 heteroatoms. The van der Waals surface area contributed by atoms with E-state index in [1.165, 1.54) is 16.8 Å². The molecule has 0 bridgehead atoms. The van der Waals surface area contributed by atoms with E-state index in [2.05, 4.69) is 63.3 Å². The van der Waals surface area contributed by atoms with Gasteiger partial charge >= 0.3 is 6.26 Å². The lowest BCUT2D eigenvalue weighted by Gasteiger charge is -2.22. The maximum atomic E-state index is 6.58. The zero-order valence-corrected chi connectivity index (χ0v) is 14.0. The maximum Gasteiger partial charge on any atom is 0.392 e. The van der Waals surface area contributed by atoms with Crippen LogP contribution < -0.4 is 10.7 Å². The largest absolute Gasteiger partial charge is 0.410 e. The van der Waals surface area contributed by atoms with Crippen LogP contribution in [0.15, 0.2) is 48.5 Å². The summed E-state index contributed by atoms with van der Waals surface area (Å²) < 4.78 is 0. The van der Waals surface area contributed by atoms with Gasteiger partial charge in [0.2, 0.25) is 0 Å². The summed E-state index contributed by atoms with van der Waals surface area (Å²) in [4.78, 5) is 0. The van der Waals surface area contributed by atoms with Crippen LogP contribution >= 0.6 is 11.5 Å². The quantitative estimate of drug-likeness (QED) is 0.768. The Labute approximate surface area is 133 Å². The fourth-order valence-corrected chi connectivity index (χ4v) is 2.80. The highest BCUT2D eigenvalue weighted by molar-refractivity contribution is 7.15. The molecule has 0 saturated carbocycles. The Morgan fingerprint density at radius 3 is 1.81 bits per heavy atom. The van der Waals surface area contributed by atoms with Crippen molar-refractivity contribution >= 4 is 28.9 Å². The van der Waals surface area contributed by atoms with Crippen molar-refractivity contribution in [3.05, 3.63) is 59.7 Å². The number of hydrogen-bond acceptors (Lipinski definition) is 1. The third kappa shape index (κ3) is 3.82. The van der Waals surface area contributed by atoms with Crippen LogP contribution in [-0.2, 0) is 0 Å². The third-order valence-corrected chi connectivity index (χ3v) is 4.10. The summed E-state index contributed by atoms with van der Waals surface area (Å²) in [7, 11) is 0. The smallest absolute Gasteiger partial charge is 0.392 e. The topological polar surface area (TPSA) is 12.0 Å². The Balaban J connectivity index is 2.38. The number of anilines is 1. The zero-order valence-electron chi connectivity index (χ0n) is 13.2. The van der Waals surface area contributed by atoms with Gasteiger partial charge < -0.3 is 5.23 Å². The molecule has 0 fully saturated rings. The number of halogens is 1. The highest BCUT2D eigenvalue weighted by atomic mass is 35.5. The molecule has 0 aliphatic rings. The van der Waals surface area contributed by atoms with Crippen LogP contribution in [0.4, 0.5) is 5.69 Å². The number of hydrogen-bond donors (Lipinski definition) is 1. The van der Waals surface area contributed by atoms with Gasteiger partial charge in [-0.25, -0.2) is 0 Å². The molecule has 1 nitrogen and oxygen atoms in total. The molecular weight excluding hydrogens is 276 g/mol. The van der Waals surface area contributed by atoms with Gasteiger partial charge in [0.1, 0.15) is 0 Å². The first-order chi connectivity index (χ1) is 10.0. The molecule has 0 spiro atoms. The van der Waals surface area contributed by atoms with E-state index in [4.69, 9.17) is 11.5 Å². The Morgan fingerprint density at radius 1 is 0.810 bits per heavy atom. The SMILES string of the molecule is CC(C)c1cccc(C(C)C)c1NB(Cl)c1ccccc1. The average molecular weight is 300 g/mol. The predicted molar refractivity (Wildman–Crippen MR) is 95.9 cm³/mol. The molecular formula is C18H23BClN. The minimum absolute atomic E-state index is 0.219. The molecule has 110 valence electrons. The van der Waals surface area contributed by atoms with E-state index in [1.54, 1.807) is 0 Å². The zero-order chi connectivity index (χ0) is 15.4. The summed E-state index contributed by atoms with van der Waals surface area (Å²) >= 11 is 6.58. The van der Waals surface area contributed by atoms with Crippen molar-refractivity contribution in [2.75, 3.05) is 5.23 Å². The second-order valence-electron chi connectivity index (χ2n) is 6.04. The van der Waals surface area contributed by atoms with E-state index in [-0.39, 0.29) is 6.26 Å². The fraction of sp³-hybridized carbons (Fsp3) is 0.333. The molecule has 0 saturated heterocycles. The van der Waals surface area contributed by atoms with Gasteiger partial charge in [-0.05, 0) is 28.4 Å². The van der Waals surface area contributed by atoms with E-state index in [0.717, 1.165) is 5.46 Å². The summed E-state index contributed by atoms with van der Waals surface area (Å²) in [5.41, 5.74) is 4.92. The predicted octanol–water partition coefficient (Wildman–Crippen LogP) is 4.98. The van der Waals surface area contributed by atoms with Crippen molar-refractivity contribution < 1.29 is 0 Å². The fourth-order valence-electron chi connectivity index (χ4n) is 2.55. The van der Waals surface area contributed by atoms with Crippen molar-refractivity contribution in [1.82, 2.24) is 0 Å². The van der Waals surface area contributed by atoms with Crippen LogP contribution in [0, 0.1) is 0 Å². The van der Waals surface area contributed by atoms with Crippen LogP contribution in [0.2, 0.25) is 0 Å². The Bertz CT molecular complexity index is 555.